The Morgan fingerprint density at radius 1 is 1.38 bits per heavy atom. The molecular formula is C13H17N3O4S. The van der Waals surface area contributed by atoms with Gasteiger partial charge in [0.15, 0.2) is 9.84 Å². The van der Waals surface area contributed by atoms with Crippen molar-refractivity contribution in [3.8, 4) is 0 Å². The summed E-state index contributed by atoms with van der Waals surface area (Å²) in [5.41, 5.74) is 0.253. The van der Waals surface area contributed by atoms with E-state index >= 15 is 0 Å². The summed E-state index contributed by atoms with van der Waals surface area (Å²) in [7, 11) is -3.42. The van der Waals surface area contributed by atoms with Crippen LogP contribution in [0.1, 0.15) is 6.92 Å². The van der Waals surface area contributed by atoms with Crippen molar-refractivity contribution >= 4 is 27.3 Å². The van der Waals surface area contributed by atoms with Gasteiger partial charge in [0, 0.05) is 6.54 Å². The monoisotopic (exact) mass is 311 g/mol. The zero-order valence-electron chi connectivity index (χ0n) is 11.5. The lowest BCUT2D eigenvalue weighted by Gasteiger charge is -2.23. The van der Waals surface area contributed by atoms with Gasteiger partial charge in [0.1, 0.15) is 6.04 Å². The van der Waals surface area contributed by atoms with E-state index in [1.807, 2.05) is 0 Å². The zero-order valence-corrected chi connectivity index (χ0v) is 12.4. The van der Waals surface area contributed by atoms with Crippen LogP contribution in [0.25, 0.3) is 0 Å². The molecule has 1 aliphatic rings. The maximum Gasteiger partial charge on any atom is 0.243 e. The number of rotatable bonds is 4. The molecule has 1 aliphatic heterocycles. The van der Waals surface area contributed by atoms with E-state index in [4.69, 9.17) is 0 Å². The van der Waals surface area contributed by atoms with Crippen LogP contribution in [0.15, 0.2) is 29.2 Å². The highest BCUT2D eigenvalue weighted by atomic mass is 32.2. The molecule has 2 rings (SSSR count). The lowest BCUT2D eigenvalue weighted by molar-refractivity contribution is -0.124. The molecule has 1 atom stereocenters. The van der Waals surface area contributed by atoms with Crippen molar-refractivity contribution in [3.05, 3.63) is 24.3 Å². The highest BCUT2D eigenvalue weighted by Gasteiger charge is 2.25. The van der Waals surface area contributed by atoms with Crippen LogP contribution in [-0.2, 0) is 19.4 Å². The number of piperazine rings is 1. The molecule has 1 heterocycles. The van der Waals surface area contributed by atoms with Gasteiger partial charge in [-0.25, -0.2) is 8.42 Å². The number of nitrogens with one attached hydrogen (secondary N) is 3. The molecule has 8 heteroatoms. The summed E-state index contributed by atoms with van der Waals surface area (Å²) in [6, 6.07) is 5.68. The van der Waals surface area contributed by atoms with Crippen LogP contribution in [0.2, 0.25) is 0 Å². The molecule has 21 heavy (non-hydrogen) atoms. The van der Waals surface area contributed by atoms with Gasteiger partial charge in [0.2, 0.25) is 11.8 Å². The molecule has 114 valence electrons. The van der Waals surface area contributed by atoms with E-state index in [-0.39, 0.29) is 41.2 Å². The van der Waals surface area contributed by atoms with Crippen molar-refractivity contribution in [2.24, 2.45) is 0 Å². The van der Waals surface area contributed by atoms with Crippen molar-refractivity contribution < 1.29 is 18.0 Å². The summed E-state index contributed by atoms with van der Waals surface area (Å²) in [5, 5.41) is 7.97. The van der Waals surface area contributed by atoms with Crippen molar-refractivity contribution in [2.45, 2.75) is 17.9 Å². The first-order chi connectivity index (χ1) is 9.94. The maximum absolute atomic E-state index is 12.1. The van der Waals surface area contributed by atoms with Crippen LogP contribution in [0, 0.1) is 0 Å². The van der Waals surface area contributed by atoms with Crippen LogP contribution in [0.4, 0.5) is 5.69 Å². The first-order valence-corrected chi connectivity index (χ1v) is 8.22. The quantitative estimate of drug-likeness (QED) is 0.696. The van der Waals surface area contributed by atoms with Gasteiger partial charge in [0.25, 0.3) is 0 Å². The molecule has 0 aliphatic carbocycles. The number of amides is 2. The Hall–Kier alpha value is -1.93. The fraction of sp³-hybridized carbons (Fsp3) is 0.385. The second kappa shape index (κ2) is 6.23. The van der Waals surface area contributed by atoms with Gasteiger partial charge in [-0.2, -0.15) is 0 Å². The minimum absolute atomic E-state index is 0.0440. The summed E-state index contributed by atoms with van der Waals surface area (Å²) < 4.78 is 24.0. The number of carbonyl (C=O) groups excluding carboxylic acids is 2. The number of sulfone groups is 1. The number of hydrogen-bond donors (Lipinski definition) is 3. The molecule has 3 N–H and O–H groups in total. The zero-order chi connectivity index (χ0) is 15.5. The average molecular weight is 311 g/mol. The van der Waals surface area contributed by atoms with Crippen molar-refractivity contribution in [2.75, 3.05) is 24.2 Å². The van der Waals surface area contributed by atoms with E-state index < -0.39 is 15.9 Å². The lowest BCUT2D eigenvalue weighted by Crippen LogP contribution is -2.56. The molecule has 2 amide bonds. The predicted octanol–water partition coefficient (Wildman–Crippen LogP) is -0.493. The summed E-state index contributed by atoms with van der Waals surface area (Å²) in [6.07, 6.45) is 0. The van der Waals surface area contributed by atoms with Gasteiger partial charge >= 0.3 is 0 Å². The van der Waals surface area contributed by atoms with Gasteiger partial charge in [0.05, 0.1) is 22.9 Å². The molecule has 0 spiro atoms. The molecule has 1 aromatic carbocycles. The molecule has 1 unspecified atom stereocenters. The molecule has 7 nitrogen and oxygen atoms in total. The minimum atomic E-state index is -3.42. The predicted molar refractivity (Wildman–Crippen MR) is 77.6 cm³/mol. The minimum Gasteiger partial charge on any atom is -0.353 e. The third-order valence-electron chi connectivity index (χ3n) is 3.19. The van der Waals surface area contributed by atoms with E-state index in [9.17, 15) is 18.0 Å². The van der Waals surface area contributed by atoms with Gasteiger partial charge in [-0.3, -0.25) is 14.9 Å². The van der Waals surface area contributed by atoms with E-state index in [1.165, 1.54) is 6.07 Å². The molecule has 1 aromatic rings. The highest BCUT2D eigenvalue weighted by Crippen LogP contribution is 2.22. The summed E-state index contributed by atoms with van der Waals surface area (Å²) in [4.78, 5) is 23.2. The number of hydrogen-bond acceptors (Lipinski definition) is 5. The Labute approximate surface area is 123 Å². The molecule has 0 aromatic heterocycles. The van der Waals surface area contributed by atoms with Gasteiger partial charge < -0.3 is 10.6 Å². The van der Waals surface area contributed by atoms with Gasteiger partial charge in [-0.05, 0) is 12.1 Å². The number of benzene rings is 1. The Morgan fingerprint density at radius 2 is 2.10 bits per heavy atom. The van der Waals surface area contributed by atoms with E-state index in [0.717, 1.165) is 0 Å². The molecule has 1 saturated heterocycles. The maximum atomic E-state index is 12.1. The lowest BCUT2D eigenvalue weighted by atomic mass is 10.2. The number of anilines is 1. The van der Waals surface area contributed by atoms with Gasteiger partial charge in [-0.1, -0.05) is 19.1 Å². The standard InChI is InChI=1S/C13H17N3O4S/c1-2-21(19,20)11-6-4-3-5-9(11)16-13(18)10-7-15-12(17)8-14-10/h3-6,10,14H,2,7-8H2,1H3,(H,15,17)(H,16,18). The fourth-order valence-electron chi connectivity index (χ4n) is 1.97. The molecule has 0 bridgehead atoms. The van der Waals surface area contributed by atoms with Crippen LogP contribution in [0.3, 0.4) is 0 Å². The smallest absolute Gasteiger partial charge is 0.243 e. The van der Waals surface area contributed by atoms with Gasteiger partial charge in [-0.15, -0.1) is 0 Å². The Kier molecular flexibility index (Phi) is 4.59. The summed E-state index contributed by atoms with van der Waals surface area (Å²) in [6.45, 7) is 1.78. The van der Waals surface area contributed by atoms with Crippen LogP contribution in [0.5, 0.6) is 0 Å². The summed E-state index contributed by atoms with van der Waals surface area (Å²) in [5.74, 6) is -0.598. The Bertz CT molecular complexity index is 647. The molecule has 0 radical (unpaired) electrons. The normalized spacial score (nSPS) is 18.9. The second-order valence-electron chi connectivity index (χ2n) is 4.63. The molecule has 0 saturated carbocycles. The third-order valence-corrected chi connectivity index (χ3v) is 4.98. The Morgan fingerprint density at radius 3 is 2.71 bits per heavy atom. The van der Waals surface area contributed by atoms with Crippen molar-refractivity contribution in [1.82, 2.24) is 10.6 Å². The first-order valence-electron chi connectivity index (χ1n) is 6.57. The average Bonchev–Trinajstić information content (AvgIpc) is 2.48. The van der Waals surface area contributed by atoms with Crippen LogP contribution < -0.4 is 16.0 Å². The van der Waals surface area contributed by atoms with Crippen molar-refractivity contribution in [3.63, 3.8) is 0 Å². The summed E-state index contributed by atoms with van der Waals surface area (Å²) >= 11 is 0. The van der Waals surface area contributed by atoms with Crippen molar-refractivity contribution in [1.29, 1.82) is 0 Å². The fourth-order valence-corrected chi connectivity index (χ4v) is 3.02. The van der Waals surface area contributed by atoms with Crippen LogP contribution >= 0.6 is 0 Å². The Balaban J connectivity index is 2.17. The molecular weight excluding hydrogens is 294 g/mol. The number of para-hydroxylation sites is 1. The molecule has 1 fully saturated rings. The second-order valence-corrected chi connectivity index (χ2v) is 6.87. The highest BCUT2D eigenvalue weighted by molar-refractivity contribution is 7.91. The topological polar surface area (TPSA) is 104 Å². The van der Waals surface area contributed by atoms with Crippen LogP contribution in [-0.4, -0.2) is 45.1 Å². The van der Waals surface area contributed by atoms with E-state index in [2.05, 4.69) is 16.0 Å². The largest absolute Gasteiger partial charge is 0.353 e. The van der Waals surface area contributed by atoms with E-state index in [0.29, 0.717) is 0 Å². The van der Waals surface area contributed by atoms with E-state index in [1.54, 1.807) is 25.1 Å². The number of carbonyl (C=O) groups is 2. The first kappa shape index (κ1) is 15.5. The third kappa shape index (κ3) is 3.59. The SMILES string of the molecule is CCS(=O)(=O)c1ccccc1NC(=O)C1CNC(=O)CN1.